The van der Waals surface area contributed by atoms with Crippen LogP contribution in [0.15, 0.2) is 0 Å². The minimum absolute atomic E-state index is 0. The van der Waals surface area contributed by atoms with Gasteiger partial charge in [0.15, 0.2) is 5.25 Å². The number of hydrogen-bond donors (Lipinski definition) is 2. The van der Waals surface area contributed by atoms with E-state index < -0.39 is 33.7 Å². The summed E-state index contributed by atoms with van der Waals surface area (Å²) in [6.45, 7) is 3.98. The molecule has 0 bridgehead atoms. The molecule has 0 aliphatic rings. The average Bonchev–Trinajstić information content (AvgIpc) is 2.34. The van der Waals surface area contributed by atoms with Crippen LogP contribution in [0.4, 0.5) is 0 Å². The van der Waals surface area contributed by atoms with Crippen LogP contribution in [0.5, 0.6) is 0 Å². The summed E-state index contributed by atoms with van der Waals surface area (Å²) in [5.41, 5.74) is 0. The maximum Gasteiger partial charge on any atom is 1.00 e. The number of aliphatic carboxylic acids is 1. The molecule has 120 valence electrons. The molecular formula is C12H23KO7S. The number of carbonyl (C=O) groups excluding carboxylic acids is 1. The van der Waals surface area contributed by atoms with Crippen molar-refractivity contribution in [1.29, 1.82) is 0 Å². The predicted octanol–water partition coefficient (Wildman–Crippen LogP) is -1.41. The molecule has 0 aliphatic heterocycles. The second-order valence-electron chi connectivity index (χ2n) is 4.65. The van der Waals surface area contributed by atoms with Gasteiger partial charge in [0.25, 0.3) is 10.1 Å². The number of carboxylic acid groups (broad SMARTS) is 1. The Morgan fingerprint density at radius 2 is 1.86 bits per heavy atom. The van der Waals surface area contributed by atoms with Crippen molar-refractivity contribution >= 4 is 22.1 Å². The number of rotatable bonds is 10. The summed E-state index contributed by atoms with van der Waals surface area (Å²) in [6, 6.07) is 0. The number of esters is 1. The van der Waals surface area contributed by atoms with Crippen LogP contribution in [0, 0.1) is 5.92 Å². The van der Waals surface area contributed by atoms with E-state index >= 15 is 0 Å². The maximum absolute atomic E-state index is 11.6. The van der Waals surface area contributed by atoms with Crippen molar-refractivity contribution in [3.8, 4) is 0 Å². The predicted molar refractivity (Wildman–Crippen MR) is 73.0 cm³/mol. The van der Waals surface area contributed by atoms with E-state index in [1.54, 1.807) is 0 Å². The molecule has 0 aromatic carbocycles. The fourth-order valence-electron chi connectivity index (χ4n) is 1.66. The Hall–Kier alpha value is 0.486. The van der Waals surface area contributed by atoms with Gasteiger partial charge in [-0.1, -0.05) is 33.1 Å². The van der Waals surface area contributed by atoms with Gasteiger partial charge in [-0.15, -0.1) is 0 Å². The van der Waals surface area contributed by atoms with Crippen LogP contribution < -0.4 is 51.4 Å². The van der Waals surface area contributed by atoms with Gasteiger partial charge >= 0.3 is 63.3 Å². The van der Waals surface area contributed by atoms with Gasteiger partial charge in [-0.3, -0.25) is 14.1 Å². The summed E-state index contributed by atoms with van der Waals surface area (Å²) in [5, 5.41) is 6.49. The number of unbranched alkanes of at least 4 members (excludes halogenated alkanes) is 1. The second kappa shape index (κ2) is 12.0. The molecule has 7 nitrogen and oxygen atoms in total. The Kier molecular flexibility index (Phi) is 13.5. The third-order valence-electron chi connectivity index (χ3n) is 2.99. The molecule has 0 rings (SSSR count). The molecule has 0 saturated carbocycles. The molecule has 0 fully saturated rings. The zero-order chi connectivity index (χ0) is 15.8. The minimum atomic E-state index is -4.79. The number of ether oxygens (including phenoxy) is 1. The SMILES string of the molecule is CCCCC(CC)COC(=O)C(CC(=O)O)S(=O)(=O)O.[H-].[K+]. The van der Waals surface area contributed by atoms with Gasteiger partial charge in [0.05, 0.1) is 13.0 Å². The molecule has 0 heterocycles. The molecular weight excluding hydrogens is 327 g/mol. The van der Waals surface area contributed by atoms with Gasteiger partial charge in [0, 0.05) is 0 Å². The molecule has 0 aromatic heterocycles. The van der Waals surface area contributed by atoms with E-state index in [-0.39, 0.29) is 65.3 Å². The molecule has 2 atom stereocenters. The zero-order valence-corrected chi connectivity index (χ0v) is 16.7. The van der Waals surface area contributed by atoms with Gasteiger partial charge in [-0.05, 0) is 12.3 Å². The Balaban J connectivity index is -0.00000180. The van der Waals surface area contributed by atoms with Crippen LogP contribution >= 0.6 is 0 Å². The molecule has 0 saturated heterocycles. The first-order valence-corrected chi connectivity index (χ1v) is 8.07. The summed E-state index contributed by atoms with van der Waals surface area (Å²) < 4.78 is 35.7. The normalized spacial score (nSPS) is 13.9. The molecule has 0 amide bonds. The smallest absolute Gasteiger partial charge is 1.00 e. The van der Waals surface area contributed by atoms with Gasteiger partial charge in [0.1, 0.15) is 0 Å². The van der Waals surface area contributed by atoms with Crippen molar-refractivity contribution in [3.63, 3.8) is 0 Å². The third-order valence-corrected chi connectivity index (χ3v) is 4.07. The van der Waals surface area contributed by atoms with Crippen LogP contribution in [0.25, 0.3) is 0 Å². The van der Waals surface area contributed by atoms with Crippen LogP contribution in [0.1, 0.15) is 47.4 Å². The van der Waals surface area contributed by atoms with Gasteiger partial charge in [0.2, 0.25) is 0 Å². The standard InChI is InChI=1S/C12H22O7S.K.H/c1-3-5-6-9(4-2)8-19-12(15)10(7-11(13)14)20(16,17)18;;/h9-10H,3-8H2,1-2H3,(H,13,14)(H,16,17,18);;/q;+1;-1. The summed E-state index contributed by atoms with van der Waals surface area (Å²) in [7, 11) is -4.79. The molecule has 2 N–H and O–H groups in total. The van der Waals surface area contributed by atoms with E-state index in [9.17, 15) is 18.0 Å². The van der Waals surface area contributed by atoms with Crippen molar-refractivity contribution in [3.05, 3.63) is 0 Å². The van der Waals surface area contributed by atoms with Crippen LogP contribution in [-0.2, 0) is 24.4 Å². The fourth-order valence-corrected chi connectivity index (χ4v) is 2.32. The van der Waals surface area contributed by atoms with Crippen molar-refractivity contribution in [2.24, 2.45) is 5.92 Å². The topological polar surface area (TPSA) is 118 Å². The minimum Gasteiger partial charge on any atom is -1.00 e. The van der Waals surface area contributed by atoms with E-state index in [1.165, 1.54) is 0 Å². The van der Waals surface area contributed by atoms with Crippen molar-refractivity contribution in [2.45, 2.75) is 51.2 Å². The molecule has 0 spiro atoms. The Morgan fingerprint density at radius 1 is 1.29 bits per heavy atom. The Labute approximate surface area is 169 Å². The van der Waals surface area contributed by atoms with Crippen molar-refractivity contribution in [1.82, 2.24) is 0 Å². The number of hydrogen-bond acceptors (Lipinski definition) is 5. The summed E-state index contributed by atoms with van der Waals surface area (Å²) in [6.07, 6.45) is 2.56. The molecule has 21 heavy (non-hydrogen) atoms. The van der Waals surface area contributed by atoms with E-state index in [0.717, 1.165) is 25.7 Å². The first-order valence-electron chi connectivity index (χ1n) is 6.57. The quantitative estimate of drug-likeness (QED) is 0.282. The summed E-state index contributed by atoms with van der Waals surface area (Å²) >= 11 is 0. The third kappa shape index (κ3) is 10.8. The second-order valence-corrected chi connectivity index (χ2v) is 6.25. The van der Waals surface area contributed by atoms with Crippen LogP contribution in [0.2, 0.25) is 0 Å². The van der Waals surface area contributed by atoms with Crippen LogP contribution in [-0.4, -0.2) is 41.9 Å². The average molecular weight is 350 g/mol. The fraction of sp³-hybridized carbons (Fsp3) is 0.833. The molecule has 2 unspecified atom stereocenters. The van der Waals surface area contributed by atoms with E-state index in [0.29, 0.717) is 0 Å². The Morgan fingerprint density at radius 3 is 2.24 bits per heavy atom. The Bertz CT molecular complexity index is 427. The first-order chi connectivity index (χ1) is 9.22. The monoisotopic (exact) mass is 350 g/mol. The van der Waals surface area contributed by atoms with Gasteiger partial charge < -0.3 is 11.3 Å². The molecule has 0 aromatic rings. The summed E-state index contributed by atoms with van der Waals surface area (Å²) in [5.74, 6) is -2.61. The van der Waals surface area contributed by atoms with E-state index in [1.807, 2.05) is 13.8 Å². The molecule has 0 radical (unpaired) electrons. The van der Waals surface area contributed by atoms with Crippen LogP contribution in [0.3, 0.4) is 0 Å². The molecule has 9 heteroatoms. The zero-order valence-electron chi connectivity index (χ0n) is 13.7. The van der Waals surface area contributed by atoms with Crippen molar-refractivity contribution < 1.29 is 85.2 Å². The van der Waals surface area contributed by atoms with E-state index in [2.05, 4.69) is 0 Å². The summed E-state index contributed by atoms with van der Waals surface area (Å²) in [4.78, 5) is 22.1. The van der Waals surface area contributed by atoms with E-state index in [4.69, 9.17) is 14.4 Å². The molecule has 0 aliphatic carbocycles. The first kappa shape index (κ1) is 23.7. The number of carboxylic acids is 1. The van der Waals surface area contributed by atoms with Crippen molar-refractivity contribution in [2.75, 3.05) is 6.61 Å². The van der Waals surface area contributed by atoms with Gasteiger partial charge in [-0.2, -0.15) is 8.42 Å². The maximum atomic E-state index is 11.6. The number of carbonyl (C=O) groups is 2. The largest absolute Gasteiger partial charge is 1.00 e. The van der Waals surface area contributed by atoms with Gasteiger partial charge in [-0.25, -0.2) is 0 Å².